The molecule has 2 aromatic carbocycles. The molecule has 3 aromatic rings. The van der Waals surface area contributed by atoms with Gasteiger partial charge in [0.2, 0.25) is 0 Å². The Kier molecular flexibility index (Phi) is 5.68. The second-order valence-electron chi connectivity index (χ2n) is 5.31. The molecular weight excluding hydrogens is 405 g/mol. The van der Waals surface area contributed by atoms with E-state index >= 15 is 0 Å². The topological polar surface area (TPSA) is 57.7 Å². The zero-order chi connectivity index (χ0) is 18.5. The Balaban J connectivity index is 1.75. The molecule has 0 amide bonds. The molecule has 0 atom stereocenters. The minimum absolute atomic E-state index is 0.0930. The maximum atomic E-state index is 13.6. The van der Waals surface area contributed by atoms with E-state index < -0.39 is 11.8 Å². The van der Waals surface area contributed by atoms with Gasteiger partial charge in [-0.25, -0.2) is 14.2 Å². The number of carbonyl (C=O) groups excluding carboxylic acids is 1. The number of esters is 1. The van der Waals surface area contributed by atoms with Crippen molar-refractivity contribution in [1.29, 1.82) is 0 Å². The predicted molar refractivity (Wildman–Crippen MR) is 98.2 cm³/mol. The van der Waals surface area contributed by atoms with E-state index in [2.05, 4.69) is 20.9 Å². The summed E-state index contributed by atoms with van der Waals surface area (Å²) < 4.78 is 30.5. The zero-order valence-electron chi connectivity index (χ0n) is 13.9. The van der Waals surface area contributed by atoms with Crippen molar-refractivity contribution in [2.45, 2.75) is 0 Å². The van der Waals surface area contributed by atoms with Gasteiger partial charge in [-0.3, -0.25) is 0 Å². The van der Waals surface area contributed by atoms with Gasteiger partial charge in [0.05, 0.1) is 12.6 Å². The van der Waals surface area contributed by atoms with Crippen molar-refractivity contribution >= 4 is 32.8 Å². The van der Waals surface area contributed by atoms with Crippen molar-refractivity contribution < 1.29 is 23.4 Å². The molecule has 5 nitrogen and oxygen atoms in total. The number of halogens is 2. The van der Waals surface area contributed by atoms with Crippen LogP contribution in [0.3, 0.4) is 0 Å². The molecular formula is C19H15BrFNO4. The molecule has 1 aromatic heterocycles. The molecule has 0 spiro atoms. The maximum Gasteiger partial charge on any atom is 0.356 e. The summed E-state index contributed by atoms with van der Waals surface area (Å²) in [4.78, 5) is 16.0. The molecule has 0 saturated carbocycles. The molecule has 0 fully saturated rings. The van der Waals surface area contributed by atoms with Gasteiger partial charge in [0.25, 0.3) is 0 Å². The molecule has 0 aliphatic carbocycles. The fourth-order valence-electron chi connectivity index (χ4n) is 2.34. The van der Waals surface area contributed by atoms with Crippen LogP contribution in [0.1, 0.15) is 10.5 Å². The molecule has 1 heterocycles. The van der Waals surface area contributed by atoms with Crippen molar-refractivity contribution in [1.82, 2.24) is 4.98 Å². The normalized spacial score (nSPS) is 10.6. The number of fused-ring (bicyclic) bond motifs is 1. The van der Waals surface area contributed by atoms with Gasteiger partial charge < -0.3 is 14.2 Å². The molecule has 0 bridgehead atoms. The molecule has 7 heteroatoms. The zero-order valence-corrected chi connectivity index (χ0v) is 15.5. The van der Waals surface area contributed by atoms with E-state index in [4.69, 9.17) is 14.2 Å². The number of nitrogens with zero attached hydrogens (tertiary/aromatic N) is 1. The lowest BCUT2D eigenvalue weighted by atomic mass is 10.1. The number of ether oxygens (including phenoxy) is 3. The van der Waals surface area contributed by atoms with Crippen LogP contribution in [0, 0.1) is 5.82 Å². The van der Waals surface area contributed by atoms with Crippen molar-refractivity contribution in [3.8, 4) is 11.5 Å². The second-order valence-corrected chi connectivity index (χ2v) is 6.23. The monoisotopic (exact) mass is 419 g/mol. The van der Waals surface area contributed by atoms with Gasteiger partial charge in [-0.05, 0) is 42.5 Å². The van der Waals surface area contributed by atoms with Crippen molar-refractivity contribution in [2.75, 3.05) is 20.3 Å². The molecule has 26 heavy (non-hydrogen) atoms. The number of aromatic nitrogens is 1. The molecule has 0 radical (unpaired) electrons. The summed E-state index contributed by atoms with van der Waals surface area (Å²) in [6, 6.07) is 12.9. The minimum Gasteiger partial charge on any atom is -0.490 e. The Morgan fingerprint density at radius 1 is 1.08 bits per heavy atom. The van der Waals surface area contributed by atoms with Gasteiger partial charge in [-0.1, -0.05) is 15.9 Å². The first-order chi connectivity index (χ1) is 12.6. The average molecular weight is 420 g/mol. The predicted octanol–water partition coefficient (Wildman–Crippen LogP) is 4.38. The van der Waals surface area contributed by atoms with E-state index in [1.54, 1.807) is 0 Å². The third kappa shape index (κ3) is 4.29. The number of benzene rings is 2. The first kappa shape index (κ1) is 18.1. The summed E-state index contributed by atoms with van der Waals surface area (Å²) in [5.41, 5.74) is 0.536. The number of methoxy groups -OCH3 is 1. The number of hydrogen-bond donors (Lipinski definition) is 0. The Bertz CT molecular complexity index is 931. The standard InChI is InChI=1S/C19H15BrFNO4/c1-24-19(23)17-11-18(15-10-13(21)4-7-16(15)22-17)26-9-8-25-14-5-2-12(20)3-6-14/h2-7,10-11H,8-9H2,1H3. The van der Waals surface area contributed by atoms with E-state index in [9.17, 15) is 9.18 Å². The van der Waals surface area contributed by atoms with Gasteiger partial charge >= 0.3 is 5.97 Å². The van der Waals surface area contributed by atoms with E-state index in [-0.39, 0.29) is 18.9 Å². The highest BCUT2D eigenvalue weighted by Crippen LogP contribution is 2.27. The first-order valence-corrected chi connectivity index (χ1v) is 8.56. The summed E-state index contributed by atoms with van der Waals surface area (Å²) in [6.45, 7) is 0.501. The van der Waals surface area contributed by atoms with E-state index in [0.717, 1.165) is 4.47 Å². The Labute approximate surface area is 157 Å². The molecule has 0 aliphatic heterocycles. The minimum atomic E-state index is -0.591. The summed E-state index contributed by atoms with van der Waals surface area (Å²) in [7, 11) is 1.27. The lowest BCUT2D eigenvalue weighted by molar-refractivity contribution is 0.0594. The van der Waals surface area contributed by atoms with Gasteiger partial charge in [-0.15, -0.1) is 0 Å². The average Bonchev–Trinajstić information content (AvgIpc) is 2.65. The van der Waals surface area contributed by atoms with Gasteiger partial charge in [-0.2, -0.15) is 0 Å². The highest BCUT2D eigenvalue weighted by molar-refractivity contribution is 9.10. The summed E-state index contributed by atoms with van der Waals surface area (Å²) in [5.74, 6) is 0.0419. The molecule has 134 valence electrons. The van der Waals surface area contributed by atoms with Crippen LogP contribution in [0.2, 0.25) is 0 Å². The van der Waals surface area contributed by atoms with Crippen LogP contribution in [0.5, 0.6) is 11.5 Å². The highest BCUT2D eigenvalue weighted by Gasteiger charge is 2.14. The van der Waals surface area contributed by atoms with Crippen LogP contribution < -0.4 is 9.47 Å². The molecule has 0 saturated heterocycles. The molecule has 0 unspecified atom stereocenters. The second kappa shape index (κ2) is 8.14. The quantitative estimate of drug-likeness (QED) is 0.438. The molecule has 0 N–H and O–H groups in total. The van der Waals surface area contributed by atoms with Crippen LogP contribution in [0.4, 0.5) is 4.39 Å². The lowest BCUT2D eigenvalue weighted by Gasteiger charge is -2.12. The Hall–Kier alpha value is -2.67. The van der Waals surface area contributed by atoms with Crippen LogP contribution in [0.25, 0.3) is 10.9 Å². The van der Waals surface area contributed by atoms with E-state index in [1.165, 1.54) is 31.4 Å². The van der Waals surface area contributed by atoms with Crippen LogP contribution in [-0.4, -0.2) is 31.3 Å². The smallest absolute Gasteiger partial charge is 0.356 e. The third-order valence-corrected chi connectivity index (χ3v) is 4.08. The fourth-order valence-corrected chi connectivity index (χ4v) is 2.60. The van der Waals surface area contributed by atoms with Crippen LogP contribution >= 0.6 is 15.9 Å². The highest BCUT2D eigenvalue weighted by atomic mass is 79.9. The summed E-state index contributed by atoms with van der Waals surface area (Å²) in [5, 5.41) is 0.473. The number of carbonyl (C=O) groups is 1. The van der Waals surface area contributed by atoms with Gasteiger partial charge in [0.15, 0.2) is 5.69 Å². The van der Waals surface area contributed by atoms with Crippen molar-refractivity contribution in [3.05, 3.63) is 64.5 Å². The van der Waals surface area contributed by atoms with Gasteiger partial charge in [0, 0.05) is 15.9 Å². The number of hydrogen-bond acceptors (Lipinski definition) is 5. The maximum absolute atomic E-state index is 13.6. The SMILES string of the molecule is COC(=O)c1cc(OCCOc2ccc(Br)cc2)c2cc(F)ccc2n1. The fraction of sp³-hybridized carbons (Fsp3) is 0.158. The first-order valence-electron chi connectivity index (χ1n) is 7.76. The summed E-state index contributed by atoms with van der Waals surface area (Å²) in [6.07, 6.45) is 0. The van der Waals surface area contributed by atoms with E-state index in [0.29, 0.717) is 22.4 Å². The van der Waals surface area contributed by atoms with Crippen molar-refractivity contribution in [3.63, 3.8) is 0 Å². The van der Waals surface area contributed by atoms with Crippen LogP contribution in [0.15, 0.2) is 53.0 Å². The van der Waals surface area contributed by atoms with Gasteiger partial charge in [0.1, 0.15) is 30.5 Å². The molecule has 0 aliphatic rings. The largest absolute Gasteiger partial charge is 0.490 e. The number of pyridine rings is 1. The summed E-state index contributed by atoms with van der Waals surface area (Å²) >= 11 is 3.36. The van der Waals surface area contributed by atoms with Crippen molar-refractivity contribution in [2.24, 2.45) is 0 Å². The Morgan fingerprint density at radius 2 is 1.81 bits per heavy atom. The lowest BCUT2D eigenvalue weighted by Crippen LogP contribution is -2.11. The third-order valence-electron chi connectivity index (χ3n) is 3.55. The van der Waals surface area contributed by atoms with E-state index in [1.807, 2.05) is 24.3 Å². The van der Waals surface area contributed by atoms with Crippen LogP contribution in [-0.2, 0) is 4.74 Å². The number of rotatable bonds is 6. The molecule has 3 rings (SSSR count). The Morgan fingerprint density at radius 3 is 2.54 bits per heavy atom.